The third-order valence-electron chi connectivity index (χ3n) is 2.67. The molecule has 1 aromatic rings. The van der Waals surface area contributed by atoms with E-state index in [0.29, 0.717) is 16.7 Å². The molecule has 0 radical (unpaired) electrons. The van der Waals surface area contributed by atoms with Gasteiger partial charge >= 0.3 is 0 Å². The number of hydrogen-bond donors (Lipinski definition) is 2. The van der Waals surface area contributed by atoms with Crippen molar-refractivity contribution in [3.8, 4) is 0 Å². The van der Waals surface area contributed by atoms with Crippen molar-refractivity contribution in [1.82, 2.24) is 10.4 Å². The van der Waals surface area contributed by atoms with E-state index >= 15 is 0 Å². The SMILES string of the molecule is C=CCN1NC(Cl)=C(C)C=C1Nc1ccccc1Cl. The number of benzene rings is 1. The van der Waals surface area contributed by atoms with Crippen LogP contribution in [0, 0.1) is 0 Å². The molecule has 0 aromatic heterocycles. The van der Waals surface area contributed by atoms with Crippen molar-refractivity contribution in [3.05, 3.63) is 64.6 Å². The lowest BCUT2D eigenvalue weighted by molar-refractivity contribution is 0.310. The van der Waals surface area contributed by atoms with Crippen LogP contribution in [0.2, 0.25) is 5.02 Å². The third kappa shape index (κ3) is 3.25. The normalized spacial score (nSPS) is 14.9. The van der Waals surface area contributed by atoms with Gasteiger partial charge in [-0.3, -0.25) is 10.4 Å². The van der Waals surface area contributed by atoms with E-state index in [-0.39, 0.29) is 0 Å². The van der Waals surface area contributed by atoms with Crippen molar-refractivity contribution in [1.29, 1.82) is 0 Å². The summed E-state index contributed by atoms with van der Waals surface area (Å²) in [4.78, 5) is 0. The van der Waals surface area contributed by atoms with Gasteiger partial charge in [0.1, 0.15) is 11.0 Å². The van der Waals surface area contributed by atoms with Crippen LogP contribution >= 0.6 is 23.2 Å². The Labute approximate surface area is 123 Å². The first-order valence-corrected chi connectivity index (χ1v) is 6.62. The number of rotatable bonds is 4. The average Bonchev–Trinajstić information content (AvgIpc) is 2.38. The number of halogens is 2. The lowest BCUT2D eigenvalue weighted by Gasteiger charge is -2.31. The molecule has 0 atom stereocenters. The van der Waals surface area contributed by atoms with Crippen LogP contribution in [0.1, 0.15) is 6.92 Å². The van der Waals surface area contributed by atoms with Crippen molar-refractivity contribution in [2.45, 2.75) is 6.92 Å². The summed E-state index contributed by atoms with van der Waals surface area (Å²) in [6.45, 7) is 6.29. The Morgan fingerprint density at radius 3 is 2.79 bits per heavy atom. The topological polar surface area (TPSA) is 27.3 Å². The van der Waals surface area contributed by atoms with Crippen LogP contribution in [0.5, 0.6) is 0 Å². The molecule has 3 nitrogen and oxygen atoms in total. The molecule has 0 bridgehead atoms. The Balaban J connectivity index is 2.27. The molecule has 0 amide bonds. The minimum absolute atomic E-state index is 0.603. The summed E-state index contributed by atoms with van der Waals surface area (Å²) in [5, 5.41) is 6.42. The van der Waals surface area contributed by atoms with Crippen LogP contribution in [0.25, 0.3) is 0 Å². The molecule has 1 aliphatic rings. The monoisotopic (exact) mass is 295 g/mol. The maximum atomic E-state index is 6.15. The van der Waals surface area contributed by atoms with Gasteiger partial charge in [-0.15, -0.1) is 6.58 Å². The van der Waals surface area contributed by atoms with E-state index in [0.717, 1.165) is 17.1 Å². The molecule has 2 rings (SSSR count). The van der Waals surface area contributed by atoms with Gasteiger partial charge in [0.05, 0.1) is 17.3 Å². The zero-order valence-corrected chi connectivity index (χ0v) is 12.1. The van der Waals surface area contributed by atoms with Gasteiger partial charge in [0.2, 0.25) is 0 Å². The Hall–Kier alpha value is -1.58. The molecule has 0 fully saturated rings. The maximum absolute atomic E-state index is 6.15. The molecule has 5 heteroatoms. The predicted octanol–water partition coefficient (Wildman–Crippen LogP) is 4.07. The Kier molecular flexibility index (Phi) is 4.40. The van der Waals surface area contributed by atoms with Crippen molar-refractivity contribution in [3.63, 3.8) is 0 Å². The van der Waals surface area contributed by atoms with Gasteiger partial charge in [-0.1, -0.05) is 41.4 Å². The zero-order chi connectivity index (χ0) is 13.8. The quantitative estimate of drug-likeness (QED) is 0.648. The van der Waals surface area contributed by atoms with Crippen molar-refractivity contribution >= 4 is 28.9 Å². The fraction of sp³-hybridized carbons (Fsp3) is 0.143. The summed E-state index contributed by atoms with van der Waals surface area (Å²) in [5.41, 5.74) is 4.89. The molecular weight excluding hydrogens is 281 g/mol. The van der Waals surface area contributed by atoms with Gasteiger partial charge in [0, 0.05) is 0 Å². The minimum atomic E-state index is 0.603. The highest BCUT2D eigenvalue weighted by atomic mass is 35.5. The molecule has 0 unspecified atom stereocenters. The largest absolute Gasteiger partial charge is 0.339 e. The summed E-state index contributed by atoms with van der Waals surface area (Å²) >= 11 is 12.2. The maximum Gasteiger partial charge on any atom is 0.125 e. The first kappa shape index (κ1) is 13.8. The molecule has 0 saturated carbocycles. The van der Waals surface area contributed by atoms with E-state index in [1.165, 1.54) is 0 Å². The van der Waals surface area contributed by atoms with Gasteiger partial charge < -0.3 is 5.32 Å². The average molecular weight is 296 g/mol. The Morgan fingerprint density at radius 1 is 1.37 bits per heavy atom. The van der Waals surface area contributed by atoms with E-state index in [1.807, 2.05) is 42.3 Å². The predicted molar refractivity (Wildman–Crippen MR) is 81.7 cm³/mol. The Bertz CT molecular complexity index is 549. The highest BCUT2D eigenvalue weighted by molar-refractivity contribution is 6.33. The second kappa shape index (κ2) is 6.04. The summed E-state index contributed by atoms with van der Waals surface area (Å²) in [7, 11) is 0. The van der Waals surface area contributed by atoms with E-state index in [2.05, 4.69) is 17.3 Å². The molecule has 0 saturated heterocycles. The minimum Gasteiger partial charge on any atom is -0.339 e. The molecular formula is C14H15Cl2N3. The summed E-state index contributed by atoms with van der Waals surface area (Å²) < 4.78 is 0. The van der Waals surface area contributed by atoms with Gasteiger partial charge in [0.15, 0.2) is 0 Å². The van der Waals surface area contributed by atoms with Crippen molar-refractivity contribution < 1.29 is 0 Å². The fourth-order valence-electron chi connectivity index (χ4n) is 1.69. The molecule has 100 valence electrons. The van der Waals surface area contributed by atoms with Crippen LogP contribution in [0.3, 0.4) is 0 Å². The van der Waals surface area contributed by atoms with E-state index < -0.39 is 0 Å². The number of allylic oxidation sites excluding steroid dienone is 2. The number of anilines is 1. The van der Waals surface area contributed by atoms with Crippen LogP contribution in [0.4, 0.5) is 5.69 Å². The second-order valence-corrected chi connectivity index (χ2v) is 4.93. The standard InChI is InChI=1S/C14H15Cl2N3/c1-3-8-19-13(9-10(2)14(16)18-19)17-12-7-5-4-6-11(12)15/h3-7,9,17-18H,1,8H2,2H3. The highest BCUT2D eigenvalue weighted by Gasteiger charge is 2.16. The number of nitrogens with zero attached hydrogens (tertiary/aromatic N) is 1. The fourth-order valence-corrected chi connectivity index (χ4v) is 2.03. The van der Waals surface area contributed by atoms with Crippen LogP contribution < -0.4 is 10.7 Å². The third-order valence-corrected chi connectivity index (χ3v) is 3.38. The molecule has 1 heterocycles. The summed E-state index contributed by atoms with van der Waals surface area (Å²) in [6, 6.07) is 7.59. The van der Waals surface area contributed by atoms with Crippen LogP contribution in [-0.2, 0) is 0 Å². The molecule has 1 aliphatic heterocycles. The molecule has 19 heavy (non-hydrogen) atoms. The first-order valence-electron chi connectivity index (χ1n) is 5.86. The number of hydrazine groups is 1. The van der Waals surface area contributed by atoms with Gasteiger partial charge in [-0.05, 0) is 30.7 Å². The molecule has 0 aliphatic carbocycles. The molecule has 2 N–H and O–H groups in total. The molecule has 1 aromatic carbocycles. The number of para-hydroxylation sites is 1. The van der Waals surface area contributed by atoms with E-state index in [1.54, 1.807) is 6.08 Å². The van der Waals surface area contributed by atoms with Crippen molar-refractivity contribution in [2.75, 3.05) is 11.9 Å². The zero-order valence-electron chi connectivity index (χ0n) is 10.6. The van der Waals surface area contributed by atoms with E-state index in [9.17, 15) is 0 Å². The second-order valence-electron chi connectivity index (χ2n) is 4.14. The van der Waals surface area contributed by atoms with Gasteiger partial charge in [-0.2, -0.15) is 0 Å². The van der Waals surface area contributed by atoms with Gasteiger partial charge in [-0.25, -0.2) is 0 Å². The van der Waals surface area contributed by atoms with Crippen LogP contribution in [0.15, 0.2) is 59.5 Å². The lowest BCUT2D eigenvalue weighted by atomic mass is 10.2. The number of nitrogens with one attached hydrogen (secondary N) is 2. The first-order chi connectivity index (χ1) is 9.11. The van der Waals surface area contributed by atoms with Crippen molar-refractivity contribution in [2.24, 2.45) is 0 Å². The summed E-state index contributed by atoms with van der Waals surface area (Å²) in [5.74, 6) is 0.870. The number of hydrogen-bond acceptors (Lipinski definition) is 3. The Morgan fingerprint density at radius 2 is 2.11 bits per heavy atom. The lowest BCUT2D eigenvalue weighted by Crippen LogP contribution is -2.40. The van der Waals surface area contributed by atoms with Crippen LogP contribution in [-0.4, -0.2) is 11.6 Å². The highest BCUT2D eigenvalue weighted by Crippen LogP contribution is 2.25. The smallest absolute Gasteiger partial charge is 0.125 e. The van der Waals surface area contributed by atoms with Gasteiger partial charge in [0.25, 0.3) is 0 Å². The van der Waals surface area contributed by atoms with E-state index in [4.69, 9.17) is 23.2 Å². The molecule has 0 spiro atoms. The summed E-state index contributed by atoms with van der Waals surface area (Å²) in [6.07, 6.45) is 3.76.